The predicted octanol–water partition coefficient (Wildman–Crippen LogP) is 2.64. The fourth-order valence-electron chi connectivity index (χ4n) is 3.29. The Morgan fingerprint density at radius 2 is 2.00 bits per heavy atom. The van der Waals surface area contributed by atoms with Crippen molar-refractivity contribution in [1.29, 1.82) is 0 Å². The van der Waals surface area contributed by atoms with Gasteiger partial charge in [0.2, 0.25) is 10.0 Å². The van der Waals surface area contributed by atoms with Crippen LogP contribution in [0.1, 0.15) is 56.1 Å². The lowest BCUT2D eigenvalue weighted by Crippen LogP contribution is -2.38. The maximum absolute atomic E-state index is 12.6. The highest BCUT2D eigenvalue weighted by Crippen LogP contribution is 2.30. The number of aryl methyl sites for hydroxylation is 2. The lowest BCUT2D eigenvalue weighted by Gasteiger charge is -2.28. The Morgan fingerprint density at radius 1 is 1.29 bits per heavy atom. The monoisotopic (exact) mass is 315 g/mol. The Balaban J connectivity index is 2.23. The average molecular weight is 315 g/mol. The molecule has 5 nitrogen and oxygen atoms in total. The minimum atomic E-state index is -3.65. The summed E-state index contributed by atoms with van der Waals surface area (Å²) < 4.78 is 33.4. The van der Waals surface area contributed by atoms with Crippen LogP contribution in [-0.4, -0.2) is 19.6 Å². The van der Waals surface area contributed by atoms with Gasteiger partial charge in [-0.25, -0.2) is 13.1 Å². The fourth-order valence-corrected chi connectivity index (χ4v) is 5.02. The number of aliphatic hydroxyl groups is 1. The quantitative estimate of drug-likeness (QED) is 0.875. The predicted molar refractivity (Wildman–Crippen MR) is 80.5 cm³/mol. The average Bonchev–Trinajstić information content (AvgIpc) is 2.73. The summed E-state index contributed by atoms with van der Waals surface area (Å²) in [6.07, 6.45) is 5.09. The lowest BCUT2D eigenvalue weighted by atomic mass is 9.85. The van der Waals surface area contributed by atoms with Gasteiger partial charge >= 0.3 is 0 Å². The molecule has 1 aliphatic carbocycles. The van der Waals surface area contributed by atoms with Crippen molar-refractivity contribution < 1.29 is 17.9 Å². The van der Waals surface area contributed by atoms with E-state index in [0.717, 1.165) is 25.7 Å². The highest BCUT2D eigenvalue weighted by molar-refractivity contribution is 7.89. The van der Waals surface area contributed by atoms with Gasteiger partial charge in [-0.2, -0.15) is 0 Å². The van der Waals surface area contributed by atoms with Crippen LogP contribution in [0.15, 0.2) is 9.31 Å². The minimum Gasteiger partial charge on any atom is -0.465 e. The SMILES string of the molecule is CCC1CCCC(NS(=O)(=O)c2c(C)oc(C)c2CO)C1. The first-order valence-electron chi connectivity index (χ1n) is 7.61. The fraction of sp³-hybridized carbons (Fsp3) is 0.733. The van der Waals surface area contributed by atoms with Crippen molar-refractivity contribution in [3.63, 3.8) is 0 Å². The molecule has 0 spiro atoms. The molecule has 1 fully saturated rings. The number of aliphatic hydroxyl groups excluding tert-OH is 1. The zero-order valence-corrected chi connectivity index (χ0v) is 13.8. The molecule has 1 aromatic rings. The minimum absolute atomic E-state index is 0.0187. The molecule has 21 heavy (non-hydrogen) atoms. The zero-order valence-electron chi connectivity index (χ0n) is 13.0. The van der Waals surface area contributed by atoms with Gasteiger partial charge in [-0.1, -0.05) is 26.2 Å². The molecule has 0 amide bonds. The molecule has 2 N–H and O–H groups in total. The molecular weight excluding hydrogens is 290 g/mol. The molecule has 2 rings (SSSR count). The number of sulfonamides is 1. The molecule has 0 saturated heterocycles. The van der Waals surface area contributed by atoms with E-state index >= 15 is 0 Å². The molecule has 1 aliphatic rings. The molecule has 2 unspecified atom stereocenters. The number of rotatable bonds is 5. The summed E-state index contributed by atoms with van der Waals surface area (Å²) in [5.74, 6) is 1.40. The molecule has 120 valence electrons. The lowest BCUT2D eigenvalue weighted by molar-refractivity contribution is 0.276. The first-order chi connectivity index (χ1) is 9.89. The van der Waals surface area contributed by atoms with Gasteiger partial charge in [-0.3, -0.25) is 0 Å². The van der Waals surface area contributed by atoms with Gasteiger partial charge in [-0.05, 0) is 32.6 Å². The standard InChI is InChI=1S/C15H25NO4S/c1-4-12-6-5-7-13(8-12)16-21(18,19)15-11(3)20-10(2)14(15)9-17/h12-13,16-17H,4-9H2,1-3H3. The number of hydrogen-bond donors (Lipinski definition) is 2. The molecular formula is C15H25NO4S. The molecule has 2 atom stereocenters. The van der Waals surface area contributed by atoms with Crippen LogP contribution in [0, 0.1) is 19.8 Å². The van der Waals surface area contributed by atoms with Crippen LogP contribution < -0.4 is 4.72 Å². The third kappa shape index (κ3) is 3.49. The third-order valence-electron chi connectivity index (χ3n) is 4.43. The molecule has 0 bridgehead atoms. The van der Waals surface area contributed by atoms with Crippen molar-refractivity contribution in [2.75, 3.05) is 0 Å². The van der Waals surface area contributed by atoms with Crippen LogP contribution in [0.3, 0.4) is 0 Å². The van der Waals surface area contributed by atoms with Crippen LogP contribution >= 0.6 is 0 Å². The van der Waals surface area contributed by atoms with Crippen molar-refractivity contribution >= 4 is 10.0 Å². The number of furan rings is 1. The van der Waals surface area contributed by atoms with E-state index in [4.69, 9.17) is 4.42 Å². The summed E-state index contributed by atoms with van der Waals surface area (Å²) in [6, 6.07) is -0.0187. The van der Waals surface area contributed by atoms with E-state index in [9.17, 15) is 13.5 Å². The number of nitrogens with one attached hydrogen (secondary N) is 1. The molecule has 1 aromatic heterocycles. The first kappa shape index (κ1) is 16.5. The summed E-state index contributed by atoms with van der Waals surface area (Å²) in [7, 11) is -3.65. The van der Waals surface area contributed by atoms with Gasteiger partial charge in [0, 0.05) is 11.6 Å². The van der Waals surface area contributed by atoms with Crippen molar-refractivity contribution in [2.24, 2.45) is 5.92 Å². The maximum atomic E-state index is 12.6. The van der Waals surface area contributed by atoms with Crippen molar-refractivity contribution in [1.82, 2.24) is 4.72 Å². The molecule has 1 saturated carbocycles. The number of hydrogen-bond acceptors (Lipinski definition) is 4. The van der Waals surface area contributed by atoms with E-state index in [1.165, 1.54) is 6.42 Å². The van der Waals surface area contributed by atoms with Gasteiger partial charge in [0.15, 0.2) is 0 Å². The van der Waals surface area contributed by atoms with Gasteiger partial charge in [-0.15, -0.1) is 0 Å². The first-order valence-corrected chi connectivity index (χ1v) is 9.09. The highest BCUT2D eigenvalue weighted by atomic mass is 32.2. The highest BCUT2D eigenvalue weighted by Gasteiger charge is 2.30. The van der Waals surface area contributed by atoms with Gasteiger partial charge in [0.25, 0.3) is 0 Å². The molecule has 1 heterocycles. The van der Waals surface area contributed by atoms with E-state index < -0.39 is 10.0 Å². The smallest absolute Gasteiger partial charge is 0.244 e. The van der Waals surface area contributed by atoms with Crippen LogP contribution in [-0.2, 0) is 16.6 Å². The summed E-state index contributed by atoms with van der Waals surface area (Å²) in [5.41, 5.74) is 0.364. The van der Waals surface area contributed by atoms with Crippen LogP contribution in [0.25, 0.3) is 0 Å². The molecule has 0 radical (unpaired) electrons. The summed E-state index contributed by atoms with van der Waals surface area (Å²) in [4.78, 5) is 0.112. The Bertz CT molecular complexity index is 591. The summed E-state index contributed by atoms with van der Waals surface area (Å²) >= 11 is 0. The Morgan fingerprint density at radius 3 is 2.62 bits per heavy atom. The largest absolute Gasteiger partial charge is 0.465 e. The van der Waals surface area contributed by atoms with E-state index in [0.29, 0.717) is 23.0 Å². The second-order valence-corrected chi connectivity index (χ2v) is 7.59. The van der Waals surface area contributed by atoms with Crippen LogP contribution in [0.4, 0.5) is 0 Å². The van der Waals surface area contributed by atoms with Gasteiger partial charge in [0.1, 0.15) is 16.4 Å². The Kier molecular flexibility index (Phi) is 5.11. The molecule has 6 heteroatoms. The zero-order chi connectivity index (χ0) is 15.6. The third-order valence-corrected chi connectivity index (χ3v) is 6.15. The molecule has 0 aliphatic heterocycles. The summed E-state index contributed by atoms with van der Waals surface area (Å²) in [5, 5.41) is 9.41. The maximum Gasteiger partial charge on any atom is 0.244 e. The second kappa shape index (κ2) is 6.50. The van der Waals surface area contributed by atoms with E-state index in [1.54, 1.807) is 13.8 Å². The normalized spacial score (nSPS) is 23.4. The van der Waals surface area contributed by atoms with Crippen molar-refractivity contribution in [2.45, 2.75) is 70.4 Å². The van der Waals surface area contributed by atoms with E-state index in [-0.39, 0.29) is 17.5 Å². The van der Waals surface area contributed by atoms with Crippen LogP contribution in [0.5, 0.6) is 0 Å². The topological polar surface area (TPSA) is 79.5 Å². The van der Waals surface area contributed by atoms with Crippen LogP contribution in [0.2, 0.25) is 0 Å². The van der Waals surface area contributed by atoms with Crippen molar-refractivity contribution in [3.05, 3.63) is 17.1 Å². The van der Waals surface area contributed by atoms with Gasteiger partial charge in [0.05, 0.1) is 6.61 Å². The van der Waals surface area contributed by atoms with E-state index in [1.807, 2.05) is 0 Å². The second-order valence-electron chi connectivity index (χ2n) is 5.94. The molecule has 0 aromatic carbocycles. The Labute approximate surface area is 126 Å². The summed E-state index contributed by atoms with van der Waals surface area (Å²) in [6.45, 7) is 5.11. The van der Waals surface area contributed by atoms with Crippen molar-refractivity contribution in [3.8, 4) is 0 Å². The Hall–Kier alpha value is -0.850. The van der Waals surface area contributed by atoms with E-state index in [2.05, 4.69) is 11.6 Å². The van der Waals surface area contributed by atoms with Gasteiger partial charge < -0.3 is 9.52 Å².